The highest BCUT2D eigenvalue weighted by atomic mass is 16.5. The summed E-state index contributed by atoms with van der Waals surface area (Å²) in [6.45, 7) is 10.2. The number of ether oxygens (including phenoxy) is 1. The van der Waals surface area contributed by atoms with Crippen molar-refractivity contribution in [1.29, 1.82) is 0 Å². The number of nitrogens with one attached hydrogen (secondary N) is 1. The normalized spacial score (nSPS) is 18.8. The zero-order valence-electron chi connectivity index (χ0n) is 13.1. The molecule has 0 spiro atoms. The van der Waals surface area contributed by atoms with Crippen molar-refractivity contribution < 1.29 is 4.74 Å². The van der Waals surface area contributed by atoms with E-state index in [2.05, 4.69) is 34.2 Å². The third-order valence-corrected chi connectivity index (χ3v) is 4.20. The molecular formula is C15H26N4O. The first-order valence-corrected chi connectivity index (χ1v) is 7.41. The van der Waals surface area contributed by atoms with Gasteiger partial charge in [0.1, 0.15) is 12.1 Å². The van der Waals surface area contributed by atoms with Gasteiger partial charge in [-0.15, -0.1) is 0 Å². The van der Waals surface area contributed by atoms with Crippen LogP contribution in [-0.4, -0.2) is 48.2 Å². The molecule has 0 bridgehead atoms. The van der Waals surface area contributed by atoms with Crippen molar-refractivity contribution in [2.75, 3.05) is 38.6 Å². The number of hydrogen-bond donors (Lipinski definition) is 1. The van der Waals surface area contributed by atoms with E-state index in [1.165, 1.54) is 25.9 Å². The minimum absolute atomic E-state index is 0.343. The van der Waals surface area contributed by atoms with E-state index in [1.54, 1.807) is 6.33 Å². The number of nitrogens with zero attached hydrogens (tertiary/aromatic N) is 3. The van der Waals surface area contributed by atoms with Gasteiger partial charge in [-0.05, 0) is 52.2 Å². The van der Waals surface area contributed by atoms with Gasteiger partial charge in [0.2, 0.25) is 5.88 Å². The van der Waals surface area contributed by atoms with Gasteiger partial charge in [0, 0.05) is 6.54 Å². The van der Waals surface area contributed by atoms with E-state index in [-0.39, 0.29) is 0 Å². The molecule has 1 fully saturated rings. The molecule has 2 heterocycles. The van der Waals surface area contributed by atoms with E-state index in [0.717, 1.165) is 17.9 Å². The third-order valence-electron chi connectivity index (χ3n) is 4.20. The summed E-state index contributed by atoms with van der Waals surface area (Å²) in [5.74, 6) is 1.57. The molecule has 1 aromatic heterocycles. The summed E-state index contributed by atoms with van der Waals surface area (Å²) in [4.78, 5) is 10.9. The first kappa shape index (κ1) is 15.0. The Balaban J connectivity index is 1.98. The maximum Gasteiger partial charge on any atom is 0.221 e. The van der Waals surface area contributed by atoms with E-state index in [1.807, 2.05) is 13.8 Å². The Labute approximate surface area is 121 Å². The van der Waals surface area contributed by atoms with Crippen LogP contribution < -0.4 is 10.1 Å². The van der Waals surface area contributed by atoms with E-state index >= 15 is 0 Å². The van der Waals surface area contributed by atoms with Crippen LogP contribution in [0.5, 0.6) is 5.88 Å². The molecule has 1 aliphatic rings. The molecule has 1 aliphatic heterocycles. The topological polar surface area (TPSA) is 50.3 Å². The number of aromatic nitrogens is 2. The lowest BCUT2D eigenvalue weighted by atomic mass is 9.80. The minimum atomic E-state index is 0.343. The summed E-state index contributed by atoms with van der Waals surface area (Å²) >= 11 is 0. The van der Waals surface area contributed by atoms with Crippen molar-refractivity contribution in [3.05, 3.63) is 11.9 Å². The van der Waals surface area contributed by atoms with E-state index in [0.29, 0.717) is 17.9 Å². The number of rotatable bonds is 5. The van der Waals surface area contributed by atoms with E-state index < -0.39 is 0 Å². The fourth-order valence-corrected chi connectivity index (χ4v) is 2.53. The van der Waals surface area contributed by atoms with Crippen LogP contribution in [0, 0.1) is 12.3 Å². The van der Waals surface area contributed by atoms with Gasteiger partial charge in [-0.2, -0.15) is 0 Å². The molecule has 0 aromatic carbocycles. The van der Waals surface area contributed by atoms with Crippen molar-refractivity contribution in [2.45, 2.75) is 33.6 Å². The molecule has 0 saturated carbocycles. The minimum Gasteiger partial charge on any atom is -0.478 e. The number of piperidine rings is 1. The summed E-state index contributed by atoms with van der Waals surface area (Å²) in [7, 11) is 2.19. The Bertz CT molecular complexity index is 441. The number of hydrogen-bond acceptors (Lipinski definition) is 5. The molecule has 0 aliphatic carbocycles. The maximum atomic E-state index is 5.51. The Morgan fingerprint density at radius 2 is 2.05 bits per heavy atom. The van der Waals surface area contributed by atoms with Gasteiger partial charge in [0.15, 0.2) is 0 Å². The smallest absolute Gasteiger partial charge is 0.221 e. The summed E-state index contributed by atoms with van der Waals surface area (Å²) in [6.07, 6.45) is 4.01. The first-order chi connectivity index (χ1) is 9.54. The molecule has 1 N–H and O–H groups in total. The van der Waals surface area contributed by atoms with Gasteiger partial charge >= 0.3 is 0 Å². The molecule has 20 heavy (non-hydrogen) atoms. The summed E-state index contributed by atoms with van der Waals surface area (Å²) in [5, 5.41) is 3.49. The summed E-state index contributed by atoms with van der Waals surface area (Å²) < 4.78 is 5.51. The number of anilines is 1. The summed E-state index contributed by atoms with van der Waals surface area (Å²) in [6, 6.07) is 0. The molecule has 0 amide bonds. The standard InChI is InChI=1S/C15H26N4O/c1-5-20-14-12(2)13(17-11-18-14)16-10-15(3)6-8-19(4)9-7-15/h11H,5-10H2,1-4H3,(H,16,17,18). The highest BCUT2D eigenvalue weighted by molar-refractivity contribution is 5.47. The maximum absolute atomic E-state index is 5.51. The molecule has 5 heteroatoms. The largest absolute Gasteiger partial charge is 0.478 e. The highest BCUT2D eigenvalue weighted by Gasteiger charge is 2.28. The molecular weight excluding hydrogens is 252 g/mol. The Morgan fingerprint density at radius 3 is 2.70 bits per heavy atom. The van der Waals surface area contributed by atoms with Crippen molar-refractivity contribution in [3.8, 4) is 5.88 Å². The van der Waals surface area contributed by atoms with Crippen LogP contribution in [0.4, 0.5) is 5.82 Å². The Morgan fingerprint density at radius 1 is 1.35 bits per heavy atom. The van der Waals surface area contributed by atoms with Crippen LogP contribution in [0.3, 0.4) is 0 Å². The van der Waals surface area contributed by atoms with Crippen LogP contribution in [0.25, 0.3) is 0 Å². The average molecular weight is 278 g/mol. The van der Waals surface area contributed by atoms with Gasteiger partial charge in [-0.25, -0.2) is 9.97 Å². The molecule has 5 nitrogen and oxygen atoms in total. The average Bonchev–Trinajstić information content (AvgIpc) is 2.44. The number of likely N-dealkylation sites (tertiary alicyclic amines) is 1. The van der Waals surface area contributed by atoms with Crippen molar-refractivity contribution >= 4 is 5.82 Å². The molecule has 112 valence electrons. The van der Waals surface area contributed by atoms with Crippen LogP contribution in [0.1, 0.15) is 32.3 Å². The lowest BCUT2D eigenvalue weighted by Crippen LogP contribution is -2.40. The molecule has 0 unspecified atom stereocenters. The lowest BCUT2D eigenvalue weighted by Gasteiger charge is -2.38. The molecule has 0 atom stereocenters. The molecule has 1 aromatic rings. The van der Waals surface area contributed by atoms with E-state index in [9.17, 15) is 0 Å². The first-order valence-electron chi connectivity index (χ1n) is 7.41. The van der Waals surface area contributed by atoms with Crippen LogP contribution in [-0.2, 0) is 0 Å². The Hall–Kier alpha value is -1.36. The predicted octanol–water partition coefficient (Wildman–Crippen LogP) is 2.33. The lowest BCUT2D eigenvalue weighted by molar-refractivity contribution is 0.150. The van der Waals surface area contributed by atoms with Gasteiger partial charge in [-0.3, -0.25) is 0 Å². The molecule has 0 radical (unpaired) electrons. The monoisotopic (exact) mass is 278 g/mol. The fourth-order valence-electron chi connectivity index (χ4n) is 2.53. The van der Waals surface area contributed by atoms with Crippen molar-refractivity contribution in [3.63, 3.8) is 0 Å². The van der Waals surface area contributed by atoms with Gasteiger partial charge in [-0.1, -0.05) is 6.92 Å². The van der Waals surface area contributed by atoms with E-state index in [4.69, 9.17) is 4.74 Å². The van der Waals surface area contributed by atoms with Crippen LogP contribution in [0.15, 0.2) is 6.33 Å². The van der Waals surface area contributed by atoms with Crippen LogP contribution >= 0.6 is 0 Å². The second-order valence-electron chi connectivity index (χ2n) is 6.05. The highest BCUT2D eigenvalue weighted by Crippen LogP contribution is 2.31. The van der Waals surface area contributed by atoms with Gasteiger partial charge < -0.3 is 15.0 Å². The predicted molar refractivity (Wildman–Crippen MR) is 81.3 cm³/mol. The van der Waals surface area contributed by atoms with Crippen molar-refractivity contribution in [1.82, 2.24) is 14.9 Å². The SMILES string of the molecule is CCOc1ncnc(NCC2(C)CCN(C)CC2)c1C. The zero-order chi connectivity index (χ0) is 14.6. The quantitative estimate of drug-likeness (QED) is 0.896. The van der Waals surface area contributed by atoms with Crippen molar-refractivity contribution in [2.24, 2.45) is 5.41 Å². The second kappa shape index (κ2) is 6.39. The fraction of sp³-hybridized carbons (Fsp3) is 0.733. The van der Waals surface area contributed by atoms with Gasteiger partial charge in [0.25, 0.3) is 0 Å². The molecule has 2 rings (SSSR count). The van der Waals surface area contributed by atoms with Gasteiger partial charge in [0.05, 0.1) is 12.2 Å². The third kappa shape index (κ3) is 3.60. The molecule has 1 saturated heterocycles. The Kier molecular flexibility index (Phi) is 4.81. The summed E-state index contributed by atoms with van der Waals surface area (Å²) in [5.41, 5.74) is 1.33. The second-order valence-corrected chi connectivity index (χ2v) is 6.05. The van der Waals surface area contributed by atoms with Crippen LogP contribution in [0.2, 0.25) is 0 Å². The zero-order valence-corrected chi connectivity index (χ0v) is 13.1.